The fraction of sp³-hybridized carbons (Fsp3) is 0.167. The molecule has 2 rings (SSSR count). The van der Waals surface area contributed by atoms with Gasteiger partial charge in [0.05, 0.1) is 36.1 Å². The van der Waals surface area contributed by atoms with Crippen molar-refractivity contribution in [2.24, 2.45) is 0 Å². The van der Waals surface area contributed by atoms with Crippen molar-refractivity contribution in [2.75, 3.05) is 12.8 Å². The van der Waals surface area contributed by atoms with Crippen LogP contribution >= 0.6 is 0 Å². The molecule has 0 atom stereocenters. The minimum Gasteiger partial charge on any atom is -0.465 e. The second kappa shape index (κ2) is 4.48. The SMILES string of the molecule is COC(=O)c1cc(-n2cnc(C)c2)c(N)cc1F. The predicted molar refractivity (Wildman–Crippen MR) is 64.0 cm³/mol. The molecule has 0 fully saturated rings. The van der Waals surface area contributed by atoms with Crippen LogP contribution in [-0.2, 0) is 4.74 Å². The zero-order valence-electron chi connectivity index (χ0n) is 9.98. The number of nitrogens with two attached hydrogens (primary N) is 1. The van der Waals surface area contributed by atoms with E-state index in [1.54, 1.807) is 17.1 Å². The van der Waals surface area contributed by atoms with Crippen molar-refractivity contribution in [3.63, 3.8) is 0 Å². The molecule has 0 aliphatic rings. The molecular weight excluding hydrogens is 237 g/mol. The number of aromatic nitrogens is 2. The summed E-state index contributed by atoms with van der Waals surface area (Å²) in [6, 6.07) is 2.44. The molecule has 1 aromatic carbocycles. The second-order valence-corrected chi connectivity index (χ2v) is 3.80. The topological polar surface area (TPSA) is 70.1 Å². The molecule has 1 heterocycles. The number of hydrogen-bond donors (Lipinski definition) is 1. The maximum absolute atomic E-state index is 13.6. The molecule has 0 unspecified atom stereocenters. The molecule has 0 spiro atoms. The molecule has 1 aromatic heterocycles. The number of rotatable bonds is 2. The van der Waals surface area contributed by atoms with Gasteiger partial charge in [-0.15, -0.1) is 0 Å². The van der Waals surface area contributed by atoms with Gasteiger partial charge in [-0.2, -0.15) is 0 Å². The number of anilines is 1. The molecule has 2 N–H and O–H groups in total. The van der Waals surface area contributed by atoms with Crippen LogP contribution in [0.4, 0.5) is 10.1 Å². The first kappa shape index (κ1) is 12.1. The van der Waals surface area contributed by atoms with Crippen LogP contribution in [0.15, 0.2) is 24.7 Å². The smallest absolute Gasteiger partial charge is 0.340 e. The minimum atomic E-state index is -0.745. The standard InChI is InChI=1S/C12H12FN3O2/c1-7-5-16(6-15-7)11-3-8(12(17)18-2)9(13)4-10(11)14/h3-6H,14H2,1-2H3. The Morgan fingerprint density at radius 2 is 2.22 bits per heavy atom. The van der Waals surface area contributed by atoms with Crippen LogP contribution in [0.3, 0.4) is 0 Å². The van der Waals surface area contributed by atoms with Crippen LogP contribution in [0, 0.1) is 12.7 Å². The summed E-state index contributed by atoms with van der Waals surface area (Å²) in [6.07, 6.45) is 3.27. The van der Waals surface area contributed by atoms with Crippen LogP contribution < -0.4 is 5.73 Å². The van der Waals surface area contributed by atoms with Gasteiger partial charge in [0.2, 0.25) is 0 Å². The van der Waals surface area contributed by atoms with Crippen molar-refractivity contribution < 1.29 is 13.9 Å². The highest BCUT2D eigenvalue weighted by atomic mass is 19.1. The van der Waals surface area contributed by atoms with Gasteiger partial charge in [0.25, 0.3) is 0 Å². The Hall–Kier alpha value is -2.37. The fourth-order valence-corrected chi connectivity index (χ4v) is 1.62. The first-order valence-corrected chi connectivity index (χ1v) is 5.21. The number of halogens is 1. The van der Waals surface area contributed by atoms with E-state index in [4.69, 9.17) is 5.73 Å². The van der Waals surface area contributed by atoms with Gasteiger partial charge >= 0.3 is 5.97 Å². The summed E-state index contributed by atoms with van der Waals surface area (Å²) < 4.78 is 19.7. The Morgan fingerprint density at radius 1 is 1.50 bits per heavy atom. The lowest BCUT2D eigenvalue weighted by molar-refractivity contribution is 0.0595. The van der Waals surface area contributed by atoms with Crippen LogP contribution in [0.5, 0.6) is 0 Å². The average Bonchev–Trinajstić information content (AvgIpc) is 2.75. The molecule has 0 aliphatic heterocycles. The second-order valence-electron chi connectivity index (χ2n) is 3.80. The molecule has 0 saturated heterocycles. The fourth-order valence-electron chi connectivity index (χ4n) is 1.62. The molecule has 0 amide bonds. The molecule has 18 heavy (non-hydrogen) atoms. The summed E-state index contributed by atoms with van der Waals surface area (Å²) in [6.45, 7) is 1.82. The Bertz CT molecular complexity index is 607. The van der Waals surface area contributed by atoms with E-state index in [0.717, 1.165) is 11.8 Å². The van der Waals surface area contributed by atoms with Crippen LogP contribution in [0.25, 0.3) is 5.69 Å². The zero-order chi connectivity index (χ0) is 13.3. The van der Waals surface area contributed by atoms with Crippen molar-refractivity contribution in [2.45, 2.75) is 6.92 Å². The number of nitrogens with zero attached hydrogens (tertiary/aromatic N) is 2. The Kier molecular flexibility index (Phi) is 3.01. The van der Waals surface area contributed by atoms with Crippen LogP contribution in [0.1, 0.15) is 16.1 Å². The van der Waals surface area contributed by atoms with E-state index < -0.39 is 11.8 Å². The number of aryl methyl sites for hydroxylation is 1. The summed E-state index contributed by atoms with van der Waals surface area (Å²) in [5.41, 5.74) is 7.07. The molecule has 5 nitrogen and oxygen atoms in total. The maximum atomic E-state index is 13.6. The lowest BCUT2D eigenvalue weighted by atomic mass is 10.1. The molecule has 94 valence electrons. The normalized spacial score (nSPS) is 10.4. The van der Waals surface area contributed by atoms with E-state index in [0.29, 0.717) is 5.69 Å². The highest BCUT2D eigenvalue weighted by Gasteiger charge is 2.16. The van der Waals surface area contributed by atoms with E-state index in [-0.39, 0.29) is 11.3 Å². The summed E-state index contributed by atoms with van der Waals surface area (Å²) in [4.78, 5) is 15.5. The van der Waals surface area contributed by atoms with Gasteiger partial charge in [0.1, 0.15) is 5.82 Å². The molecule has 0 radical (unpaired) electrons. The lowest BCUT2D eigenvalue weighted by Gasteiger charge is -2.09. The van der Waals surface area contributed by atoms with Gasteiger partial charge < -0.3 is 15.0 Å². The number of imidazole rings is 1. The predicted octanol–water partition coefficient (Wildman–Crippen LogP) is 1.69. The summed E-state index contributed by atoms with van der Waals surface area (Å²) in [5.74, 6) is -1.45. The minimum absolute atomic E-state index is 0.159. The van der Waals surface area contributed by atoms with E-state index in [1.807, 2.05) is 6.92 Å². The summed E-state index contributed by atoms with van der Waals surface area (Å²) in [5, 5.41) is 0. The van der Waals surface area contributed by atoms with Gasteiger partial charge in [0.15, 0.2) is 0 Å². The van der Waals surface area contributed by atoms with Gasteiger partial charge in [0, 0.05) is 6.20 Å². The molecule has 0 aliphatic carbocycles. The van der Waals surface area contributed by atoms with E-state index in [9.17, 15) is 9.18 Å². The number of carbonyl (C=O) groups is 1. The van der Waals surface area contributed by atoms with Crippen molar-refractivity contribution in [1.29, 1.82) is 0 Å². The number of benzene rings is 1. The largest absolute Gasteiger partial charge is 0.465 e. The number of methoxy groups -OCH3 is 1. The summed E-state index contributed by atoms with van der Waals surface area (Å²) in [7, 11) is 1.19. The zero-order valence-corrected chi connectivity index (χ0v) is 9.98. The average molecular weight is 249 g/mol. The third-order valence-corrected chi connectivity index (χ3v) is 2.51. The highest BCUT2D eigenvalue weighted by Crippen LogP contribution is 2.22. The number of hydrogen-bond acceptors (Lipinski definition) is 4. The van der Waals surface area contributed by atoms with E-state index >= 15 is 0 Å². The summed E-state index contributed by atoms with van der Waals surface area (Å²) >= 11 is 0. The van der Waals surface area contributed by atoms with Gasteiger partial charge in [-0.25, -0.2) is 14.2 Å². The van der Waals surface area contributed by atoms with E-state index in [1.165, 1.54) is 13.2 Å². The Morgan fingerprint density at radius 3 is 2.78 bits per heavy atom. The third-order valence-electron chi connectivity index (χ3n) is 2.51. The first-order valence-electron chi connectivity index (χ1n) is 5.21. The van der Waals surface area contributed by atoms with Crippen molar-refractivity contribution in [3.8, 4) is 5.69 Å². The van der Waals surface area contributed by atoms with Crippen molar-refractivity contribution in [3.05, 3.63) is 41.7 Å². The number of nitrogen functional groups attached to an aromatic ring is 1. The molecule has 0 bridgehead atoms. The van der Waals surface area contributed by atoms with Crippen molar-refractivity contribution >= 4 is 11.7 Å². The number of esters is 1. The lowest BCUT2D eigenvalue weighted by Crippen LogP contribution is -2.08. The van der Waals surface area contributed by atoms with E-state index in [2.05, 4.69) is 9.72 Å². The molecular formula is C12H12FN3O2. The van der Waals surface area contributed by atoms with Crippen LogP contribution in [0.2, 0.25) is 0 Å². The quantitative estimate of drug-likeness (QED) is 0.649. The Labute approximate surface area is 103 Å². The molecule has 2 aromatic rings. The third kappa shape index (κ3) is 2.04. The van der Waals surface area contributed by atoms with Gasteiger partial charge in [-0.1, -0.05) is 0 Å². The number of ether oxygens (including phenoxy) is 1. The first-order chi connectivity index (χ1) is 8.52. The molecule has 0 saturated carbocycles. The number of carbonyl (C=O) groups excluding carboxylic acids is 1. The monoisotopic (exact) mass is 249 g/mol. The van der Waals surface area contributed by atoms with Gasteiger partial charge in [-0.05, 0) is 19.1 Å². The highest BCUT2D eigenvalue weighted by molar-refractivity contribution is 5.91. The van der Waals surface area contributed by atoms with Crippen molar-refractivity contribution in [1.82, 2.24) is 9.55 Å². The maximum Gasteiger partial charge on any atom is 0.340 e. The van der Waals surface area contributed by atoms with Crippen LogP contribution in [-0.4, -0.2) is 22.6 Å². The Balaban J connectivity index is 2.58. The molecule has 6 heteroatoms. The van der Waals surface area contributed by atoms with Gasteiger partial charge in [-0.3, -0.25) is 0 Å².